The summed E-state index contributed by atoms with van der Waals surface area (Å²) in [5.74, 6) is 1.07. The molecule has 1 N–H and O–H groups in total. The lowest BCUT2D eigenvalue weighted by Gasteiger charge is -2.29. The first kappa shape index (κ1) is 20.5. The summed E-state index contributed by atoms with van der Waals surface area (Å²) in [5.41, 5.74) is 1.26. The average Bonchev–Trinajstić information content (AvgIpc) is 3.12. The number of benzene rings is 1. The van der Waals surface area contributed by atoms with Crippen molar-refractivity contribution in [1.29, 1.82) is 0 Å². The van der Waals surface area contributed by atoms with Gasteiger partial charge in [-0.15, -0.1) is 11.8 Å². The maximum Gasteiger partial charge on any atom is 0.339 e. The lowest BCUT2D eigenvalue weighted by atomic mass is 9.86. The number of nitrogens with one attached hydrogen (secondary N) is 1. The van der Waals surface area contributed by atoms with Crippen molar-refractivity contribution in [3.8, 4) is 0 Å². The number of rotatable bonds is 7. The first-order valence-electron chi connectivity index (χ1n) is 9.63. The van der Waals surface area contributed by atoms with Crippen LogP contribution in [0.2, 0.25) is 0 Å². The zero-order valence-corrected chi connectivity index (χ0v) is 17.1. The minimum atomic E-state index is -0.494. The van der Waals surface area contributed by atoms with Crippen molar-refractivity contribution in [2.45, 2.75) is 56.2 Å². The fraction of sp³-hybridized carbons (Fsp3) is 0.476. The van der Waals surface area contributed by atoms with Crippen molar-refractivity contribution < 1.29 is 18.8 Å². The number of esters is 1. The Labute approximate surface area is 169 Å². The van der Waals surface area contributed by atoms with E-state index < -0.39 is 5.97 Å². The lowest BCUT2D eigenvalue weighted by Crippen LogP contribution is -2.42. The van der Waals surface area contributed by atoms with Crippen LogP contribution in [0.15, 0.2) is 39.8 Å². The molecule has 7 heteroatoms. The highest BCUT2D eigenvalue weighted by molar-refractivity contribution is 7.98. The third-order valence-corrected chi connectivity index (χ3v) is 6.06. The number of carbonyl (C=O) groups excluding carboxylic acids is 2. The molecule has 1 aliphatic carbocycles. The van der Waals surface area contributed by atoms with Crippen LogP contribution in [0.4, 0.5) is 0 Å². The fourth-order valence-corrected chi connectivity index (χ4v) is 4.31. The molecule has 1 aliphatic rings. The summed E-state index contributed by atoms with van der Waals surface area (Å²) in [6.45, 7) is 3.73. The Morgan fingerprint density at radius 2 is 2.07 bits per heavy atom. The molecule has 0 spiro atoms. The van der Waals surface area contributed by atoms with Gasteiger partial charge in [-0.1, -0.05) is 37.1 Å². The van der Waals surface area contributed by atoms with Crippen LogP contribution < -0.4 is 5.32 Å². The summed E-state index contributed by atoms with van der Waals surface area (Å²) in [6.07, 6.45) is 4.46. The molecule has 3 rings (SSSR count). The van der Waals surface area contributed by atoms with Crippen LogP contribution in [0.25, 0.3) is 0 Å². The third-order valence-electron chi connectivity index (χ3n) is 4.95. The normalized spacial score (nSPS) is 19.2. The van der Waals surface area contributed by atoms with Gasteiger partial charge in [0.05, 0.1) is 11.3 Å². The van der Waals surface area contributed by atoms with Crippen LogP contribution in [0.3, 0.4) is 0 Å². The van der Waals surface area contributed by atoms with E-state index in [0.717, 1.165) is 35.6 Å². The summed E-state index contributed by atoms with van der Waals surface area (Å²) in [7, 11) is 0. The number of carbonyl (C=O) groups is 2. The van der Waals surface area contributed by atoms with E-state index in [9.17, 15) is 9.59 Å². The monoisotopic (exact) mass is 402 g/mol. The van der Waals surface area contributed by atoms with Gasteiger partial charge in [-0.25, -0.2) is 4.79 Å². The van der Waals surface area contributed by atoms with Crippen molar-refractivity contribution in [2.24, 2.45) is 5.92 Å². The highest BCUT2D eigenvalue weighted by atomic mass is 32.2. The molecule has 28 heavy (non-hydrogen) atoms. The minimum Gasteiger partial charge on any atom is -0.452 e. The Bertz CT molecular complexity index is 820. The molecule has 1 amide bonds. The van der Waals surface area contributed by atoms with Crippen LogP contribution in [-0.4, -0.2) is 29.7 Å². The molecular weight excluding hydrogens is 376 g/mol. The van der Waals surface area contributed by atoms with Crippen molar-refractivity contribution in [1.82, 2.24) is 10.5 Å². The molecule has 1 saturated carbocycles. The van der Waals surface area contributed by atoms with E-state index in [1.54, 1.807) is 12.1 Å². The smallest absolute Gasteiger partial charge is 0.339 e. The standard InChI is InChI=1S/C21H26N2O4S/c1-14-7-3-5-9-18(14)22-20(24)12-26-21(25)17-8-4-6-10-19(17)28-13-16-11-15(2)27-23-16/h4,6,8,10-11,14,18H,3,5,7,9,12-13H2,1-2H3,(H,22,24)/t14-,18-/m0/s1. The summed E-state index contributed by atoms with van der Waals surface area (Å²) >= 11 is 1.48. The Hall–Kier alpha value is -2.28. The summed E-state index contributed by atoms with van der Waals surface area (Å²) in [4.78, 5) is 25.5. The molecule has 0 unspecified atom stereocenters. The number of amides is 1. The van der Waals surface area contributed by atoms with Gasteiger partial charge in [0.25, 0.3) is 5.91 Å². The van der Waals surface area contributed by atoms with Gasteiger partial charge in [0.1, 0.15) is 5.76 Å². The maximum absolute atomic E-state index is 12.5. The molecule has 0 aliphatic heterocycles. The topological polar surface area (TPSA) is 81.4 Å². The highest BCUT2D eigenvalue weighted by Gasteiger charge is 2.23. The van der Waals surface area contributed by atoms with Gasteiger partial charge in [-0.3, -0.25) is 4.79 Å². The summed E-state index contributed by atoms with van der Waals surface area (Å²) < 4.78 is 10.3. The highest BCUT2D eigenvalue weighted by Crippen LogP contribution is 2.27. The first-order valence-corrected chi connectivity index (χ1v) is 10.6. The van der Waals surface area contributed by atoms with E-state index in [2.05, 4.69) is 17.4 Å². The number of hydrogen-bond donors (Lipinski definition) is 1. The first-order chi connectivity index (χ1) is 13.5. The zero-order valence-electron chi connectivity index (χ0n) is 16.3. The van der Waals surface area contributed by atoms with E-state index in [1.807, 2.05) is 25.1 Å². The maximum atomic E-state index is 12.5. The van der Waals surface area contributed by atoms with E-state index >= 15 is 0 Å². The molecule has 0 bridgehead atoms. The second-order valence-electron chi connectivity index (χ2n) is 7.23. The minimum absolute atomic E-state index is 0.175. The van der Waals surface area contributed by atoms with Gasteiger partial charge in [-0.05, 0) is 37.8 Å². The number of thioether (sulfide) groups is 1. The van der Waals surface area contributed by atoms with Crippen molar-refractivity contribution >= 4 is 23.6 Å². The number of nitrogens with zero attached hydrogens (tertiary/aromatic N) is 1. The molecular formula is C21H26N2O4S. The van der Waals surface area contributed by atoms with Gasteiger partial charge in [0, 0.05) is 22.8 Å². The Kier molecular flexibility index (Phi) is 7.14. The Morgan fingerprint density at radius 3 is 2.82 bits per heavy atom. The lowest BCUT2D eigenvalue weighted by molar-refractivity contribution is -0.125. The molecule has 2 aromatic rings. The molecule has 0 radical (unpaired) electrons. The summed E-state index contributed by atoms with van der Waals surface area (Å²) in [6, 6.07) is 9.26. The quantitative estimate of drug-likeness (QED) is 0.554. The third kappa shape index (κ3) is 5.61. The zero-order chi connectivity index (χ0) is 19.9. The number of ether oxygens (including phenoxy) is 1. The van der Waals surface area contributed by atoms with Crippen LogP contribution in [0.5, 0.6) is 0 Å². The van der Waals surface area contributed by atoms with Crippen LogP contribution >= 0.6 is 11.8 Å². The van der Waals surface area contributed by atoms with Gasteiger partial charge in [0.2, 0.25) is 0 Å². The number of aromatic nitrogens is 1. The van der Waals surface area contributed by atoms with Crippen LogP contribution in [0, 0.1) is 12.8 Å². The van der Waals surface area contributed by atoms with Crippen molar-refractivity contribution in [3.63, 3.8) is 0 Å². The number of aryl methyl sites for hydroxylation is 1. The largest absolute Gasteiger partial charge is 0.452 e. The SMILES string of the molecule is Cc1cc(CSc2ccccc2C(=O)OCC(=O)N[C@H]2CCCC[C@@H]2C)no1. The second-order valence-corrected chi connectivity index (χ2v) is 8.24. The van der Waals surface area contributed by atoms with Gasteiger partial charge >= 0.3 is 5.97 Å². The molecule has 6 nitrogen and oxygen atoms in total. The Morgan fingerprint density at radius 1 is 1.29 bits per heavy atom. The molecule has 0 saturated heterocycles. The number of hydrogen-bond acceptors (Lipinski definition) is 6. The average molecular weight is 403 g/mol. The second kappa shape index (κ2) is 9.78. The van der Waals surface area contributed by atoms with E-state index in [4.69, 9.17) is 9.26 Å². The van der Waals surface area contributed by atoms with Crippen molar-refractivity contribution in [3.05, 3.63) is 47.3 Å². The molecule has 1 fully saturated rings. The molecule has 1 heterocycles. The van der Waals surface area contributed by atoms with Gasteiger partial charge < -0.3 is 14.6 Å². The van der Waals surface area contributed by atoms with E-state index in [1.165, 1.54) is 18.2 Å². The van der Waals surface area contributed by atoms with E-state index in [-0.39, 0.29) is 18.6 Å². The van der Waals surface area contributed by atoms with Gasteiger partial charge in [0.15, 0.2) is 6.61 Å². The predicted octanol–water partition coefficient (Wildman–Crippen LogP) is 4.13. The molecule has 1 aromatic heterocycles. The van der Waals surface area contributed by atoms with Crippen LogP contribution in [-0.2, 0) is 15.3 Å². The predicted molar refractivity (Wildman–Crippen MR) is 107 cm³/mol. The molecule has 2 atom stereocenters. The van der Waals surface area contributed by atoms with E-state index in [0.29, 0.717) is 17.2 Å². The van der Waals surface area contributed by atoms with Crippen molar-refractivity contribution in [2.75, 3.05) is 6.61 Å². The van der Waals surface area contributed by atoms with Crippen LogP contribution in [0.1, 0.15) is 54.4 Å². The molecule has 150 valence electrons. The summed E-state index contributed by atoms with van der Waals surface area (Å²) in [5, 5.41) is 6.96. The van der Waals surface area contributed by atoms with Gasteiger partial charge in [-0.2, -0.15) is 0 Å². The Balaban J connectivity index is 1.53. The molecule has 1 aromatic carbocycles. The fourth-order valence-electron chi connectivity index (χ4n) is 3.39.